The maximum Gasteiger partial charge on any atom is 0.409 e. The third kappa shape index (κ3) is 9.79. The van der Waals surface area contributed by atoms with Crippen molar-refractivity contribution in [3.05, 3.63) is 53.7 Å². The van der Waals surface area contributed by atoms with Crippen LogP contribution in [0, 0.1) is 5.92 Å². The highest BCUT2D eigenvalue weighted by molar-refractivity contribution is 5.97. The van der Waals surface area contributed by atoms with Crippen molar-refractivity contribution in [3.63, 3.8) is 0 Å². The maximum absolute atomic E-state index is 13.6. The molecule has 1 aliphatic carbocycles. The second kappa shape index (κ2) is 16.8. The van der Waals surface area contributed by atoms with Gasteiger partial charge in [-0.15, -0.1) is 0 Å². The van der Waals surface area contributed by atoms with Gasteiger partial charge in [-0.1, -0.05) is 82.2 Å². The predicted octanol–water partition coefficient (Wildman–Crippen LogP) is 5.31. The molecule has 2 heterocycles. The molecule has 2 aliphatic rings. The second-order valence-electron chi connectivity index (χ2n) is 11.9. The summed E-state index contributed by atoms with van der Waals surface area (Å²) in [5, 5.41) is 12.2. The molecule has 238 valence electrons. The average molecular weight is 607 g/mol. The van der Waals surface area contributed by atoms with E-state index in [1.807, 2.05) is 36.4 Å². The van der Waals surface area contributed by atoms with Gasteiger partial charge in [-0.2, -0.15) is 0 Å². The predicted molar refractivity (Wildman–Crippen MR) is 167 cm³/mol. The number of aliphatic carboxylic acids is 1. The number of carbonyl (C=O) groups is 4. The smallest absolute Gasteiger partial charge is 0.409 e. The van der Waals surface area contributed by atoms with Crippen molar-refractivity contribution in [2.45, 2.75) is 83.6 Å². The third-order valence-electron chi connectivity index (χ3n) is 8.51. The van der Waals surface area contributed by atoms with Gasteiger partial charge in [0.1, 0.15) is 11.7 Å². The van der Waals surface area contributed by atoms with Gasteiger partial charge in [-0.25, -0.2) is 9.78 Å². The second-order valence-corrected chi connectivity index (χ2v) is 11.9. The molecule has 44 heavy (non-hydrogen) atoms. The van der Waals surface area contributed by atoms with E-state index in [2.05, 4.69) is 17.2 Å². The number of hydrogen-bond acceptors (Lipinski definition) is 6. The molecule has 10 nitrogen and oxygen atoms in total. The molecule has 2 aromatic rings. The fourth-order valence-corrected chi connectivity index (χ4v) is 5.99. The summed E-state index contributed by atoms with van der Waals surface area (Å²) in [4.78, 5) is 58.9. The fourth-order valence-electron chi connectivity index (χ4n) is 5.99. The van der Waals surface area contributed by atoms with Gasteiger partial charge >= 0.3 is 12.1 Å². The van der Waals surface area contributed by atoms with Gasteiger partial charge in [0.25, 0.3) is 5.91 Å². The molecule has 1 aromatic carbocycles. The van der Waals surface area contributed by atoms with Gasteiger partial charge in [0, 0.05) is 38.2 Å². The highest BCUT2D eigenvalue weighted by Gasteiger charge is 2.31. The number of unbranched alkanes of at least 4 members (excludes halogenated alkanes) is 2. The zero-order valence-corrected chi connectivity index (χ0v) is 25.8. The minimum Gasteiger partial charge on any atom is -0.481 e. The van der Waals surface area contributed by atoms with Crippen molar-refractivity contribution in [2.24, 2.45) is 5.92 Å². The van der Waals surface area contributed by atoms with Crippen molar-refractivity contribution in [3.8, 4) is 11.3 Å². The van der Waals surface area contributed by atoms with Crippen LogP contribution in [0.4, 0.5) is 4.79 Å². The molecule has 2 fully saturated rings. The Kier molecular flexibility index (Phi) is 12.6. The molecule has 10 heteroatoms. The molecule has 1 saturated carbocycles. The molecule has 2 N–H and O–H groups in total. The third-order valence-corrected chi connectivity index (χ3v) is 8.51. The Morgan fingerprint density at radius 3 is 2.36 bits per heavy atom. The Labute approximate surface area is 260 Å². The number of nitrogens with zero attached hydrogens (tertiary/aromatic N) is 3. The largest absolute Gasteiger partial charge is 0.481 e. The van der Waals surface area contributed by atoms with Gasteiger partial charge in [-0.3, -0.25) is 14.4 Å². The van der Waals surface area contributed by atoms with Crippen LogP contribution in [0.2, 0.25) is 0 Å². The fraction of sp³-hybridized carbons (Fsp3) is 0.559. The van der Waals surface area contributed by atoms with Gasteiger partial charge < -0.3 is 25.0 Å². The zero-order chi connectivity index (χ0) is 31.3. The topological polar surface area (TPSA) is 129 Å². The Balaban J connectivity index is 1.46. The summed E-state index contributed by atoms with van der Waals surface area (Å²) in [6, 6.07) is 12.5. The van der Waals surface area contributed by atoms with Crippen LogP contribution in [0.3, 0.4) is 0 Å². The number of pyridine rings is 1. The summed E-state index contributed by atoms with van der Waals surface area (Å²) in [6.45, 7) is 3.62. The normalized spacial score (nSPS) is 16.3. The van der Waals surface area contributed by atoms with Gasteiger partial charge in [-0.05, 0) is 42.9 Å². The summed E-state index contributed by atoms with van der Waals surface area (Å²) in [7, 11) is 0. The standard InChI is InChI=1S/C34H46N4O6/c1-2-3-10-21-44-34(43)38-19-17-37(18-20-38)33(42)28(15-16-31(39)40)36-32(41)30-24-26(22-25-11-6-4-7-12-25)23-29(35-30)27-13-8-5-9-14-27/h5,8-9,13-14,23-25,28H,2-4,6-7,10-12,15-22H2,1H3,(H,36,41)(H,39,40)/t28-/m0/s1. The first-order valence-electron chi connectivity index (χ1n) is 16.1. The summed E-state index contributed by atoms with van der Waals surface area (Å²) in [5.74, 6) is -1.36. The Morgan fingerprint density at radius 2 is 1.68 bits per heavy atom. The molecule has 1 saturated heterocycles. The monoisotopic (exact) mass is 606 g/mol. The van der Waals surface area contributed by atoms with Crippen molar-refractivity contribution in [2.75, 3.05) is 32.8 Å². The number of piperazine rings is 1. The van der Waals surface area contributed by atoms with E-state index in [-0.39, 0.29) is 37.5 Å². The van der Waals surface area contributed by atoms with E-state index in [0.717, 1.165) is 36.8 Å². The Bertz CT molecular complexity index is 1260. The first kappa shape index (κ1) is 33.0. The number of ether oxygens (including phenoxy) is 1. The quantitative estimate of drug-likeness (QED) is 0.296. The lowest BCUT2D eigenvalue weighted by atomic mass is 9.84. The van der Waals surface area contributed by atoms with E-state index in [0.29, 0.717) is 31.3 Å². The summed E-state index contributed by atoms with van der Waals surface area (Å²) >= 11 is 0. The van der Waals surface area contributed by atoms with Crippen LogP contribution in [0.5, 0.6) is 0 Å². The lowest BCUT2D eigenvalue weighted by Gasteiger charge is -2.36. The van der Waals surface area contributed by atoms with Crippen LogP contribution < -0.4 is 5.32 Å². The maximum atomic E-state index is 13.6. The number of amides is 3. The van der Waals surface area contributed by atoms with Crippen LogP contribution in [0.1, 0.15) is 87.2 Å². The van der Waals surface area contributed by atoms with Crippen LogP contribution in [0.15, 0.2) is 42.5 Å². The highest BCUT2D eigenvalue weighted by Crippen LogP contribution is 2.28. The van der Waals surface area contributed by atoms with E-state index >= 15 is 0 Å². The average Bonchev–Trinajstić information content (AvgIpc) is 3.05. The molecule has 4 rings (SSSR count). The first-order valence-corrected chi connectivity index (χ1v) is 16.1. The molecule has 3 amide bonds. The molecule has 1 aromatic heterocycles. The SMILES string of the molecule is CCCCCOC(=O)N1CCN(C(=O)[C@H](CCC(=O)O)NC(=O)c2cc(CC3CCCCC3)cc(-c3ccccc3)n2)CC1. The number of rotatable bonds is 13. The van der Waals surface area contributed by atoms with Crippen LogP contribution in [-0.2, 0) is 20.7 Å². The minimum atomic E-state index is -1.05. The molecular weight excluding hydrogens is 560 g/mol. The summed E-state index contributed by atoms with van der Waals surface area (Å²) in [6.07, 6.45) is 9.02. The summed E-state index contributed by atoms with van der Waals surface area (Å²) in [5.41, 5.74) is 2.82. The summed E-state index contributed by atoms with van der Waals surface area (Å²) < 4.78 is 5.35. The molecule has 1 aliphatic heterocycles. The van der Waals surface area contributed by atoms with Gasteiger partial charge in [0.2, 0.25) is 5.91 Å². The number of carboxylic acids is 1. The number of benzene rings is 1. The zero-order valence-electron chi connectivity index (χ0n) is 25.8. The first-order chi connectivity index (χ1) is 21.3. The lowest BCUT2D eigenvalue weighted by Crippen LogP contribution is -2.56. The number of hydrogen-bond donors (Lipinski definition) is 2. The van der Waals surface area contributed by atoms with Crippen molar-refractivity contribution >= 4 is 23.9 Å². The highest BCUT2D eigenvalue weighted by atomic mass is 16.6. The van der Waals surface area contributed by atoms with E-state index in [1.165, 1.54) is 32.1 Å². The van der Waals surface area contributed by atoms with E-state index in [1.54, 1.807) is 15.9 Å². The van der Waals surface area contributed by atoms with Crippen LogP contribution >= 0.6 is 0 Å². The van der Waals surface area contributed by atoms with Gasteiger partial charge in [0.15, 0.2) is 0 Å². The molecule has 0 bridgehead atoms. The number of carbonyl (C=O) groups excluding carboxylic acids is 3. The molecule has 0 radical (unpaired) electrons. The van der Waals surface area contributed by atoms with E-state index in [4.69, 9.17) is 4.74 Å². The van der Waals surface area contributed by atoms with Crippen molar-refractivity contribution < 1.29 is 29.0 Å². The Hall–Kier alpha value is -3.95. The van der Waals surface area contributed by atoms with E-state index in [9.17, 15) is 24.3 Å². The van der Waals surface area contributed by atoms with Crippen LogP contribution in [0.25, 0.3) is 11.3 Å². The lowest BCUT2D eigenvalue weighted by molar-refractivity contribution is -0.138. The molecule has 1 atom stereocenters. The number of carboxylic acid groups (broad SMARTS) is 1. The minimum absolute atomic E-state index is 0.0487. The van der Waals surface area contributed by atoms with Gasteiger partial charge in [0.05, 0.1) is 12.3 Å². The molecule has 0 spiro atoms. The number of aromatic nitrogens is 1. The number of nitrogens with one attached hydrogen (secondary N) is 1. The van der Waals surface area contributed by atoms with Crippen molar-refractivity contribution in [1.29, 1.82) is 0 Å². The van der Waals surface area contributed by atoms with Crippen LogP contribution in [-0.4, -0.2) is 82.6 Å². The molecule has 0 unspecified atom stereocenters. The molecular formula is C34H46N4O6. The van der Waals surface area contributed by atoms with Crippen molar-refractivity contribution in [1.82, 2.24) is 20.1 Å². The Morgan fingerprint density at radius 1 is 0.977 bits per heavy atom. The van der Waals surface area contributed by atoms with E-state index < -0.39 is 24.0 Å².